The fourth-order valence-electron chi connectivity index (χ4n) is 15.3. The van der Waals surface area contributed by atoms with Crippen LogP contribution in [0.4, 0.5) is 0 Å². The third-order valence-electron chi connectivity index (χ3n) is 19.5. The van der Waals surface area contributed by atoms with E-state index in [1.165, 1.54) is 155 Å². The van der Waals surface area contributed by atoms with Crippen molar-refractivity contribution in [2.45, 2.75) is 77.0 Å². The third kappa shape index (κ3) is 6.00. The van der Waals surface area contributed by atoms with Gasteiger partial charge in [0, 0.05) is 44.2 Å². The monoisotopic (exact) mass is 997 g/mol. The quantitative estimate of drug-likeness (QED) is 0.126. The summed E-state index contributed by atoms with van der Waals surface area (Å²) in [4.78, 5) is 5.50. The summed E-state index contributed by atoms with van der Waals surface area (Å²) in [7, 11) is 0. The van der Waals surface area contributed by atoms with Crippen LogP contribution in [0.15, 0.2) is 212 Å². The predicted molar refractivity (Wildman–Crippen MR) is 329 cm³/mol. The van der Waals surface area contributed by atoms with Crippen molar-refractivity contribution in [1.29, 1.82) is 0 Å². The first kappa shape index (κ1) is 45.5. The van der Waals surface area contributed by atoms with Gasteiger partial charge in [-0.05, 0) is 181 Å². The molecule has 0 radical (unpaired) electrons. The van der Waals surface area contributed by atoms with Gasteiger partial charge in [-0.2, -0.15) is 0 Å². The molecule has 0 fully saturated rings. The van der Waals surface area contributed by atoms with Crippen LogP contribution in [-0.4, -0.2) is 4.98 Å². The maximum absolute atomic E-state index is 5.50. The predicted octanol–water partition coefficient (Wildman–Crippen LogP) is 20.4. The fourth-order valence-corrected chi connectivity index (χ4v) is 15.3. The molecule has 0 bridgehead atoms. The molecule has 1 heteroatoms. The molecule has 0 saturated heterocycles. The van der Waals surface area contributed by atoms with Crippen LogP contribution in [0.3, 0.4) is 0 Å². The zero-order valence-electron chi connectivity index (χ0n) is 45.7. The average molecular weight is 998 g/mol. The SMILES string of the molecule is CC1(C)c2ccccc2-c2ccc(-c3ccc4c(c3)C(C)(C)c3cc(-c5c6ccccc6c(-c6ccc7c(c6)C(C)(C)c6cc(-c8ccc9c(c8)C(C)(C)c8ccccc8-9)ccc6-7)c6c5ncc5ccccc56)ccc3-4)cc21. The van der Waals surface area contributed by atoms with E-state index in [4.69, 9.17) is 4.98 Å². The van der Waals surface area contributed by atoms with Gasteiger partial charge in [-0.3, -0.25) is 4.98 Å². The Hall–Kier alpha value is -8.65. The summed E-state index contributed by atoms with van der Waals surface area (Å²) < 4.78 is 0. The van der Waals surface area contributed by atoms with E-state index in [1.807, 2.05) is 0 Å². The smallest absolute Gasteiger partial charge is 0.0799 e. The van der Waals surface area contributed by atoms with Gasteiger partial charge in [0.15, 0.2) is 0 Å². The van der Waals surface area contributed by atoms with E-state index in [0.717, 1.165) is 10.9 Å². The highest BCUT2D eigenvalue weighted by Gasteiger charge is 2.40. The number of hydrogen-bond acceptors (Lipinski definition) is 1. The van der Waals surface area contributed by atoms with Crippen molar-refractivity contribution in [1.82, 2.24) is 4.98 Å². The second kappa shape index (κ2) is 15.5. The molecule has 12 aromatic rings. The standard InChI is InChI=1S/C77H59N/c1-74(2)62-23-15-13-19-52(62)54-31-25-44(37-64(54)74)46-27-33-56-58-35-29-48(41-68(58)76(5,6)66(56)39-46)70-60-21-11-12-22-61(60)71(73-72(70)51-18-10-9-17-50(51)43-78-73)49-30-36-59-57-34-28-47(40-67(57)77(7,8)69(59)42-49)45-26-32-55-53-20-14-16-24-63(53)75(3,4)65(55)38-45/h9-43H,1-8H3. The van der Waals surface area contributed by atoms with Gasteiger partial charge in [-0.25, -0.2) is 0 Å². The first-order chi connectivity index (χ1) is 37.7. The van der Waals surface area contributed by atoms with E-state index in [-0.39, 0.29) is 21.7 Å². The van der Waals surface area contributed by atoms with E-state index in [9.17, 15) is 0 Å². The normalized spacial score (nSPS) is 15.8. The number of hydrogen-bond donors (Lipinski definition) is 0. The minimum Gasteiger partial charge on any atom is -0.255 e. The molecule has 4 aliphatic carbocycles. The van der Waals surface area contributed by atoms with Crippen LogP contribution in [0.2, 0.25) is 0 Å². The van der Waals surface area contributed by atoms with Gasteiger partial charge >= 0.3 is 0 Å². The number of rotatable bonds is 4. The lowest BCUT2D eigenvalue weighted by atomic mass is 9.79. The molecule has 78 heavy (non-hydrogen) atoms. The minimum absolute atomic E-state index is 0.0509. The molecule has 0 aliphatic heterocycles. The highest BCUT2D eigenvalue weighted by atomic mass is 14.7. The molecule has 1 aromatic heterocycles. The third-order valence-corrected chi connectivity index (χ3v) is 19.5. The maximum atomic E-state index is 5.50. The molecule has 16 rings (SSSR count). The summed E-state index contributed by atoms with van der Waals surface area (Å²) in [5, 5.41) is 6.02. The van der Waals surface area contributed by atoms with Crippen molar-refractivity contribution in [3.8, 4) is 89.0 Å². The summed E-state index contributed by atoms with van der Waals surface area (Å²) in [5.41, 5.74) is 32.2. The van der Waals surface area contributed by atoms with E-state index in [1.54, 1.807) is 0 Å². The zero-order valence-corrected chi connectivity index (χ0v) is 45.7. The van der Waals surface area contributed by atoms with Crippen LogP contribution in [0.5, 0.6) is 0 Å². The van der Waals surface area contributed by atoms with Crippen LogP contribution in [-0.2, 0) is 21.7 Å². The number of fused-ring (bicyclic) bond motifs is 16. The molecule has 4 aliphatic rings. The summed E-state index contributed by atoms with van der Waals surface area (Å²) in [6, 6.07) is 79.0. The van der Waals surface area contributed by atoms with E-state index in [2.05, 4.69) is 268 Å². The van der Waals surface area contributed by atoms with Crippen LogP contribution in [0, 0.1) is 0 Å². The number of benzene rings is 11. The first-order valence-electron chi connectivity index (χ1n) is 28.0. The van der Waals surface area contributed by atoms with Gasteiger partial charge in [0.2, 0.25) is 0 Å². The zero-order chi connectivity index (χ0) is 52.8. The van der Waals surface area contributed by atoms with Crippen molar-refractivity contribution in [2.24, 2.45) is 0 Å². The molecule has 0 spiro atoms. The van der Waals surface area contributed by atoms with Crippen LogP contribution in [0.1, 0.15) is 99.9 Å². The summed E-state index contributed by atoms with van der Waals surface area (Å²) in [5.74, 6) is 0. The lowest BCUT2D eigenvalue weighted by Gasteiger charge is -2.24. The summed E-state index contributed by atoms with van der Waals surface area (Å²) in [6.07, 6.45) is 2.09. The highest BCUT2D eigenvalue weighted by molar-refractivity contribution is 6.26. The van der Waals surface area contributed by atoms with E-state index >= 15 is 0 Å². The lowest BCUT2D eigenvalue weighted by molar-refractivity contribution is 0.659. The Labute approximate surface area is 458 Å². The number of aromatic nitrogens is 1. The van der Waals surface area contributed by atoms with Gasteiger partial charge in [-0.1, -0.05) is 225 Å². The lowest BCUT2D eigenvalue weighted by Crippen LogP contribution is -2.15. The Balaban J connectivity index is 0.807. The Kier molecular flexibility index (Phi) is 9.06. The fraction of sp³-hybridized carbons (Fsp3) is 0.156. The number of nitrogens with zero attached hydrogens (tertiary/aromatic N) is 1. The maximum Gasteiger partial charge on any atom is 0.0799 e. The van der Waals surface area contributed by atoms with Crippen LogP contribution < -0.4 is 0 Å². The molecule has 372 valence electrons. The molecule has 1 heterocycles. The van der Waals surface area contributed by atoms with Crippen LogP contribution >= 0.6 is 0 Å². The molecule has 0 amide bonds. The molecular weight excluding hydrogens is 939 g/mol. The Morgan fingerprint density at radius 2 is 0.551 bits per heavy atom. The van der Waals surface area contributed by atoms with Crippen molar-refractivity contribution in [3.63, 3.8) is 0 Å². The van der Waals surface area contributed by atoms with E-state index < -0.39 is 0 Å². The first-order valence-corrected chi connectivity index (χ1v) is 28.0. The number of pyridine rings is 1. The van der Waals surface area contributed by atoms with Crippen molar-refractivity contribution < 1.29 is 0 Å². The van der Waals surface area contributed by atoms with Crippen LogP contribution in [0.25, 0.3) is 121 Å². The molecule has 1 nitrogen and oxygen atoms in total. The van der Waals surface area contributed by atoms with Crippen molar-refractivity contribution in [3.05, 3.63) is 257 Å². The second-order valence-corrected chi connectivity index (χ2v) is 25.0. The Morgan fingerprint density at radius 1 is 0.256 bits per heavy atom. The molecule has 0 saturated carbocycles. The van der Waals surface area contributed by atoms with E-state index in [0.29, 0.717) is 0 Å². The van der Waals surface area contributed by atoms with Crippen molar-refractivity contribution >= 4 is 32.4 Å². The topological polar surface area (TPSA) is 12.9 Å². The van der Waals surface area contributed by atoms with Crippen molar-refractivity contribution in [2.75, 3.05) is 0 Å². The van der Waals surface area contributed by atoms with Gasteiger partial charge in [0.05, 0.1) is 5.52 Å². The minimum atomic E-state index is -0.227. The molecule has 0 atom stereocenters. The molecule has 0 unspecified atom stereocenters. The summed E-state index contributed by atoms with van der Waals surface area (Å²) in [6.45, 7) is 19.2. The molecular formula is C77H59N. The second-order valence-electron chi connectivity index (χ2n) is 25.0. The molecule has 0 N–H and O–H groups in total. The van der Waals surface area contributed by atoms with Gasteiger partial charge in [0.25, 0.3) is 0 Å². The van der Waals surface area contributed by atoms with Gasteiger partial charge in [0.1, 0.15) is 0 Å². The summed E-state index contributed by atoms with van der Waals surface area (Å²) >= 11 is 0. The Bertz CT molecular complexity index is 4670. The Morgan fingerprint density at radius 3 is 0.974 bits per heavy atom. The highest BCUT2D eigenvalue weighted by Crippen LogP contribution is 2.57. The largest absolute Gasteiger partial charge is 0.255 e. The average Bonchev–Trinajstić information content (AvgIpc) is 4.18. The molecule has 11 aromatic carbocycles. The van der Waals surface area contributed by atoms with Gasteiger partial charge in [-0.15, -0.1) is 0 Å². The van der Waals surface area contributed by atoms with Gasteiger partial charge < -0.3 is 0 Å².